The fraction of sp³-hybridized carbons (Fsp3) is 0.444. The Hall–Kier alpha value is -3.86. The van der Waals surface area contributed by atoms with Crippen LogP contribution in [0.4, 0.5) is 5.95 Å². The monoisotopic (exact) mass is 556 g/mol. The lowest BCUT2D eigenvalue weighted by Crippen LogP contribution is -2.40. The van der Waals surface area contributed by atoms with Crippen LogP contribution in [0.25, 0.3) is 10.9 Å². The number of rotatable bonds is 8. The van der Waals surface area contributed by atoms with Crippen molar-refractivity contribution in [3.05, 3.63) is 51.0 Å². The molecular formula is C27H33ClN6O5. The van der Waals surface area contributed by atoms with Crippen molar-refractivity contribution in [3.8, 4) is 11.5 Å². The number of anilines is 1. The molecule has 11 nitrogen and oxygen atoms in total. The number of hydrogen-bond acceptors (Lipinski definition) is 8. The van der Waals surface area contributed by atoms with Gasteiger partial charge in [-0.05, 0) is 36.6 Å². The first-order valence-corrected chi connectivity index (χ1v) is 13.0. The molecule has 1 aromatic carbocycles. The van der Waals surface area contributed by atoms with Crippen LogP contribution in [0.15, 0.2) is 29.2 Å². The zero-order valence-corrected chi connectivity index (χ0v) is 23.5. The van der Waals surface area contributed by atoms with E-state index in [1.165, 1.54) is 11.6 Å². The summed E-state index contributed by atoms with van der Waals surface area (Å²) in [4.78, 5) is 49.7. The largest absolute Gasteiger partial charge is 0.495 e. The summed E-state index contributed by atoms with van der Waals surface area (Å²) in [5.41, 5.74) is 1.73. The van der Waals surface area contributed by atoms with Gasteiger partial charge in [-0.2, -0.15) is 0 Å². The molecule has 1 saturated heterocycles. The number of methoxy groups -OCH3 is 1. The number of benzene rings is 1. The number of halogens is 1. The van der Waals surface area contributed by atoms with Gasteiger partial charge in [0.05, 0.1) is 29.5 Å². The molecule has 1 N–H and O–H groups in total. The van der Waals surface area contributed by atoms with E-state index in [4.69, 9.17) is 26.1 Å². The molecule has 3 aromatic rings. The minimum atomic E-state index is -0.378. The average molecular weight is 557 g/mol. The number of aromatic nitrogens is 3. The Bertz CT molecular complexity index is 1450. The molecule has 39 heavy (non-hydrogen) atoms. The number of fused-ring (bicyclic) bond motifs is 1. The highest BCUT2D eigenvalue weighted by Crippen LogP contribution is 2.31. The number of nitrogens with zero attached hydrogens (tertiary/aromatic N) is 5. The minimum absolute atomic E-state index is 0.00859. The van der Waals surface area contributed by atoms with Gasteiger partial charge in [-0.1, -0.05) is 11.6 Å². The zero-order valence-electron chi connectivity index (χ0n) is 22.8. The molecule has 1 aliphatic rings. The van der Waals surface area contributed by atoms with Gasteiger partial charge in [-0.15, -0.1) is 0 Å². The summed E-state index contributed by atoms with van der Waals surface area (Å²) >= 11 is 6.50. The molecule has 12 heteroatoms. The van der Waals surface area contributed by atoms with Crippen LogP contribution in [0.5, 0.6) is 11.5 Å². The first kappa shape index (κ1) is 28.2. The molecule has 0 unspecified atom stereocenters. The van der Waals surface area contributed by atoms with E-state index in [1.54, 1.807) is 45.4 Å². The van der Waals surface area contributed by atoms with Crippen LogP contribution in [-0.4, -0.2) is 79.2 Å². The normalized spacial score (nSPS) is 13.8. The third kappa shape index (κ3) is 6.08. The quantitative estimate of drug-likeness (QED) is 0.447. The Morgan fingerprint density at radius 3 is 2.54 bits per heavy atom. The standard InChI is InChI=1S/C27H33ClN6O5/c1-29-23(35)15-39-22-13-18-10-16(12-21(38-5)24(18)33(4)26(22)37)11-20-19(28)14-30-27(31-20)34-8-6-17(7-9-34)25(36)32(2)3/h10,12-14,17H,6-9,11,15H2,1-5H3,(H,29,35). The van der Waals surface area contributed by atoms with Crippen molar-refractivity contribution in [2.45, 2.75) is 19.3 Å². The van der Waals surface area contributed by atoms with Crippen molar-refractivity contribution in [1.29, 1.82) is 0 Å². The van der Waals surface area contributed by atoms with Crippen molar-refractivity contribution >= 4 is 40.3 Å². The molecule has 0 atom stereocenters. The number of piperidine rings is 1. The Labute approximate surface area is 231 Å². The van der Waals surface area contributed by atoms with Crippen LogP contribution in [0.1, 0.15) is 24.1 Å². The first-order valence-electron chi connectivity index (χ1n) is 12.6. The maximum absolute atomic E-state index is 12.8. The summed E-state index contributed by atoms with van der Waals surface area (Å²) in [6, 6.07) is 5.38. The minimum Gasteiger partial charge on any atom is -0.495 e. The number of carbonyl (C=O) groups is 2. The summed E-state index contributed by atoms with van der Waals surface area (Å²) in [6.45, 7) is 1.10. The second kappa shape index (κ2) is 11.9. The van der Waals surface area contributed by atoms with E-state index in [9.17, 15) is 14.4 Å². The van der Waals surface area contributed by atoms with Gasteiger partial charge < -0.3 is 29.2 Å². The average Bonchev–Trinajstić information content (AvgIpc) is 2.94. The lowest BCUT2D eigenvalue weighted by Gasteiger charge is -2.32. The first-order chi connectivity index (χ1) is 18.6. The predicted octanol–water partition coefficient (Wildman–Crippen LogP) is 2.01. The van der Waals surface area contributed by atoms with Crippen molar-refractivity contribution in [3.63, 3.8) is 0 Å². The lowest BCUT2D eigenvalue weighted by molar-refractivity contribution is -0.133. The Kier molecular flexibility index (Phi) is 8.59. The van der Waals surface area contributed by atoms with Crippen molar-refractivity contribution in [2.24, 2.45) is 13.0 Å². The number of nitrogens with one attached hydrogen (secondary N) is 1. The van der Waals surface area contributed by atoms with Gasteiger partial charge in [-0.25, -0.2) is 9.97 Å². The zero-order chi connectivity index (χ0) is 28.3. The summed E-state index contributed by atoms with van der Waals surface area (Å²) in [5, 5.41) is 3.61. The molecule has 0 bridgehead atoms. The Morgan fingerprint density at radius 2 is 1.90 bits per heavy atom. The lowest BCUT2D eigenvalue weighted by atomic mass is 9.96. The second-order valence-corrected chi connectivity index (χ2v) is 10.1. The number of pyridine rings is 1. The van der Waals surface area contributed by atoms with Gasteiger partial charge in [0.1, 0.15) is 5.75 Å². The summed E-state index contributed by atoms with van der Waals surface area (Å²) in [6.07, 6.45) is 3.48. The molecule has 0 spiro atoms. The fourth-order valence-electron chi connectivity index (χ4n) is 4.76. The number of aryl methyl sites for hydroxylation is 1. The number of likely N-dealkylation sites (N-methyl/N-ethyl adjacent to an activating group) is 1. The van der Waals surface area contributed by atoms with E-state index in [2.05, 4.69) is 15.2 Å². The molecule has 2 amide bonds. The van der Waals surface area contributed by atoms with Crippen molar-refractivity contribution < 1.29 is 19.1 Å². The molecule has 0 saturated carbocycles. The van der Waals surface area contributed by atoms with E-state index >= 15 is 0 Å². The predicted molar refractivity (Wildman–Crippen MR) is 149 cm³/mol. The number of ether oxygens (including phenoxy) is 2. The van der Waals surface area contributed by atoms with Gasteiger partial charge in [-0.3, -0.25) is 14.4 Å². The maximum Gasteiger partial charge on any atom is 0.293 e. The summed E-state index contributed by atoms with van der Waals surface area (Å²) in [7, 11) is 8.23. The highest BCUT2D eigenvalue weighted by molar-refractivity contribution is 6.31. The molecule has 1 fully saturated rings. The number of amides is 2. The van der Waals surface area contributed by atoms with Crippen molar-refractivity contribution in [2.75, 3.05) is 52.8 Å². The Morgan fingerprint density at radius 1 is 1.18 bits per heavy atom. The molecular weight excluding hydrogens is 524 g/mol. The molecule has 208 valence electrons. The highest BCUT2D eigenvalue weighted by Gasteiger charge is 2.27. The maximum atomic E-state index is 12.8. The second-order valence-electron chi connectivity index (χ2n) is 9.71. The van der Waals surface area contributed by atoms with Crippen LogP contribution in [-0.2, 0) is 23.1 Å². The van der Waals surface area contributed by atoms with Crippen LogP contribution >= 0.6 is 11.6 Å². The SMILES string of the molecule is CNC(=O)COc1cc2cc(Cc3nc(N4CCC(C(=O)N(C)C)CC4)ncc3Cl)cc(OC)c2n(C)c1=O. The van der Waals surface area contributed by atoms with Gasteiger partial charge in [0, 0.05) is 59.0 Å². The van der Waals surface area contributed by atoms with Gasteiger partial charge >= 0.3 is 0 Å². The fourth-order valence-corrected chi connectivity index (χ4v) is 4.92. The van der Waals surface area contributed by atoms with Crippen LogP contribution < -0.4 is 25.2 Å². The smallest absolute Gasteiger partial charge is 0.293 e. The van der Waals surface area contributed by atoms with Crippen LogP contribution in [0, 0.1) is 5.92 Å². The van der Waals surface area contributed by atoms with Gasteiger partial charge in [0.25, 0.3) is 11.5 Å². The third-order valence-corrected chi connectivity index (χ3v) is 7.22. The van der Waals surface area contributed by atoms with Crippen molar-refractivity contribution in [1.82, 2.24) is 24.8 Å². The van der Waals surface area contributed by atoms with Gasteiger partial charge in [0.2, 0.25) is 11.9 Å². The van der Waals surface area contributed by atoms with Crippen LogP contribution in [0.2, 0.25) is 5.02 Å². The molecule has 0 aliphatic carbocycles. The van der Waals surface area contributed by atoms with Crippen LogP contribution in [0.3, 0.4) is 0 Å². The third-order valence-electron chi connectivity index (χ3n) is 6.90. The molecule has 3 heterocycles. The molecule has 1 aliphatic heterocycles. The highest BCUT2D eigenvalue weighted by atomic mass is 35.5. The van der Waals surface area contributed by atoms with E-state index in [0.29, 0.717) is 52.8 Å². The topological polar surface area (TPSA) is 119 Å². The van der Waals surface area contributed by atoms with Gasteiger partial charge in [0.15, 0.2) is 12.4 Å². The summed E-state index contributed by atoms with van der Waals surface area (Å²) < 4.78 is 12.6. The van der Waals surface area contributed by atoms with E-state index < -0.39 is 0 Å². The summed E-state index contributed by atoms with van der Waals surface area (Å²) in [5.74, 6) is 0.965. The number of hydrogen-bond donors (Lipinski definition) is 1. The van der Waals surface area contributed by atoms with E-state index in [1.807, 2.05) is 12.1 Å². The molecule has 4 rings (SSSR count). The number of carbonyl (C=O) groups excluding carboxylic acids is 2. The van der Waals surface area contributed by atoms with E-state index in [-0.39, 0.29) is 35.6 Å². The van der Waals surface area contributed by atoms with E-state index in [0.717, 1.165) is 18.4 Å². The Balaban J connectivity index is 1.61. The molecule has 0 radical (unpaired) electrons. The molecule has 2 aromatic heterocycles.